The Balaban J connectivity index is 4.07. The van der Waals surface area contributed by atoms with Crippen LogP contribution in [0.2, 0.25) is 0 Å². The monoisotopic (exact) mass is 1090 g/mol. The molecule has 0 amide bonds. The van der Waals surface area contributed by atoms with Gasteiger partial charge in [0.1, 0.15) is 6.61 Å². The van der Waals surface area contributed by atoms with Gasteiger partial charge in [0.25, 0.3) is 0 Å². The summed E-state index contributed by atoms with van der Waals surface area (Å²) in [6, 6.07) is 0. The number of allylic oxidation sites excluding steroid dienone is 22. The molecule has 0 aliphatic carbocycles. The highest BCUT2D eigenvalue weighted by atomic mass is 31.2. The molecule has 0 aliphatic rings. The van der Waals surface area contributed by atoms with Crippen LogP contribution in [0.25, 0.3) is 0 Å². The molecule has 77 heavy (non-hydrogen) atoms. The van der Waals surface area contributed by atoms with E-state index in [-0.39, 0.29) is 32.6 Å². The zero-order valence-electron chi connectivity index (χ0n) is 48.9. The van der Waals surface area contributed by atoms with Gasteiger partial charge in [0, 0.05) is 19.4 Å². The lowest BCUT2D eigenvalue weighted by molar-refractivity contribution is -0.161. The van der Waals surface area contributed by atoms with Gasteiger partial charge in [-0.15, -0.1) is 0 Å². The Morgan fingerprint density at radius 1 is 0.403 bits per heavy atom. The molecule has 0 rings (SSSR count). The van der Waals surface area contributed by atoms with Crippen molar-refractivity contribution in [3.63, 3.8) is 0 Å². The minimum absolute atomic E-state index is 0.0390. The third kappa shape index (κ3) is 61.2. The first-order valence-corrected chi connectivity index (χ1v) is 32.2. The highest BCUT2D eigenvalue weighted by Crippen LogP contribution is 2.43. The molecule has 0 aliphatic heterocycles. The van der Waals surface area contributed by atoms with Gasteiger partial charge in [-0.3, -0.25) is 18.6 Å². The Morgan fingerprint density at radius 2 is 0.714 bits per heavy atom. The number of rotatable bonds is 56. The molecule has 10 heteroatoms. The number of carbonyl (C=O) groups is 2. The molecule has 0 aromatic rings. The molecule has 0 heterocycles. The maximum atomic E-state index is 12.7. The summed E-state index contributed by atoms with van der Waals surface area (Å²) < 4.78 is 33.0. The first-order valence-electron chi connectivity index (χ1n) is 30.7. The Kier molecular flexibility index (Phi) is 58.3. The zero-order valence-corrected chi connectivity index (χ0v) is 49.8. The Labute approximate surface area is 472 Å². The van der Waals surface area contributed by atoms with E-state index in [0.29, 0.717) is 6.42 Å². The van der Waals surface area contributed by atoms with E-state index in [4.69, 9.17) is 24.3 Å². The van der Waals surface area contributed by atoms with Crippen molar-refractivity contribution in [3.8, 4) is 0 Å². The van der Waals surface area contributed by atoms with Gasteiger partial charge < -0.3 is 20.1 Å². The van der Waals surface area contributed by atoms with Crippen LogP contribution >= 0.6 is 7.82 Å². The average Bonchev–Trinajstić information content (AvgIpc) is 3.42. The van der Waals surface area contributed by atoms with Crippen LogP contribution in [-0.2, 0) is 32.7 Å². The second kappa shape index (κ2) is 61.4. The largest absolute Gasteiger partial charge is 0.472 e. The van der Waals surface area contributed by atoms with Crippen LogP contribution in [0.3, 0.4) is 0 Å². The summed E-state index contributed by atoms with van der Waals surface area (Å²) in [5.41, 5.74) is 5.38. The first kappa shape index (κ1) is 73.2. The van der Waals surface area contributed by atoms with Crippen molar-refractivity contribution in [2.75, 3.05) is 26.4 Å². The quantitative estimate of drug-likeness (QED) is 0.0264. The van der Waals surface area contributed by atoms with Gasteiger partial charge in [-0.1, -0.05) is 250 Å². The fourth-order valence-corrected chi connectivity index (χ4v) is 8.78. The summed E-state index contributed by atoms with van der Waals surface area (Å²) in [5.74, 6) is -0.886. The van der Waals surface area contributed by atoms with Gasteiger partial charge in [0.05, 0.1) is 13.2 Å². The molecular weight excluding hydrogens is 978 g/mol. The number of esters is 2. The number of nitrogens with two attached hydrogens (primary N) is 1. The minimum atomic E-state index is -4.41. The number of phosphoric acid groups is 1. The highest BCUT2D eigenvalue weighted by Gasteiger charge is 2.26. The van der Waals surface area contributed by atoms with Gasteiger partial charge in [0.15, 0.2) is 6.10 Å². The SMILES string of the molecule is CC/C=C\C/C=C\C/C=C\C/C=C\C/C=C\C/C=C\C/C=C\C/C=C\CCCCC(=O)OC(COC(=O)CCCCCCCCCCCCCCCC/C=C\C/C=C\C/C=C\CCCCCCC)COP(=O)(O)OCCN. The zero-order chi connectivity index (χ0) is 55.9. The predicted molar refractivity (Wildman–Crippen MR) is 330 cm³/mol. The smallest absolute Gasteiger partial charge is 0.462 e. The number of hydrogen-bond donors (Lipinski definition) is 2. The van der Waals surface area contributed by atoms with E-state index in [0.717, 1.165) is 96.3 Å². The molecule has 9 nitrogen and oxygen atoms in total. The standard InChI is InChI=1S/C67H112NO8P/c1-3-5-7-9-11-13-15-17-19-21-23-25-27-29-31-32-34-35-37-39-41-43-45-47-49-51-53-55-57-59-66(69)73-63-65(64-75-77(71,72)74-62-61-68)76-67(70)60-58-56-54-52-50-48-46-44-42-40-38-36-33-30-28-26-24-22-20-18-16-14-12-10-8-6-4-2/h6,8,12,14-15,17-18,20-21,23-24,26-27,29-30,33,38,40,44,46,50,52,65H,3-5,7,9-11,13,16,19,22,25,28,31-32,34-37,39,41-43,45,47-49,51,53-64,68H2,1-2H3,(H,71,72)/b8-6-,14-12-,17-15-,20-18-,23-21-,26-24-,29-27-,33-30-,40-38-,46-44-,52-50-. The van der Waals surface area contributed by atoms with Crippen molar-refractivity contribution in [2.45, 2.75) is 251 Å². The Bertz CT molecular complexity index is 1720. The lowest BCUT2D eigenvalue weighted by Crippen LogP contribution is -2.29. The van der Waals surface area contributed by atoms with Crippen LogP contribution in [0.5, 0.6) is 0 Å². The van der Waals surface area contributed by atoms with Crippen LogP contribution in [0.15, 0.2) is 134 Å². The summed E-state index contributed by atoms with van der Waals surface area (Å²) in [6.07, 6.45) is 86.6. The average molecular weight is 1090 g/mol. The van der Waals surface area contributed by atoms with Crippen molar-refractivity contribution < 1.29 is 37.6 Å². The van der Waals surface area contributed by atoms with Crippen LogP contribution in [-0.4, -0.2) is 49.3 Å². The molecule has 3 N–H and O–H groups in total. The molecule has 0 saturated heterocycles. The van der Waals surface area contributed by atoms with Gasteiger partial charge in [0.2, 0.25) is 0 Å². The summed E-state index contributed by atoms with van der Waals surface area (Å²) in [5, 5.41) is 0. The summed E-state index contributed by atoms with van der Waals surface area (Å²) in [7, 11) is -4.41. The minimum Gasteiger partial charge on any atom is -0.462 e. The number of hydrogen-bond acceptors (Lipinski definition) is 8. The lowest BCUT2D eigenvalue weighted by atomic mass is 10.0. The second-order valence-electron chi connectivity index (χ2n) is 19.8. The molecule has 0 aromatic heterocycles. The van der Waals surface area contributed by atoms with E-state index in [2.05, 4.69) is 148 Å². The number of carbonyl (C=O) groups excluding carboxylic acids is 2. The van der Waals surface area contributed by atoms with E-state index in [1.54, 1.807) is 0 Å². The van der Waals surface area contributed by atoms with Crippen LogP contribution in [0, 0.1) is 0 Å². The molecular formula is C67H112NO8P. The second-order valence-corrected chi connectivity index (χ2v) is 21.3. The van der Waals surface area contributed by atoms with E-state index < -0.39 is 32.5 Å². The highest BCUT2D eigenvalue weighted by molar-refractivity contribution is 7.47. The lowest BCUT2D eigenvalue weighted by Gasteiger charge is -2.19. The summed E-state index contributed by atoms with van der Waals surface area (Å²) >= 11 is 0. The van der Waals surface area contributed by atoms with Gasteiger partial charge in [-0.05, 0) is 116 Å². The summed E-state index contributed by atoms with van der Waals surface area (Å²) in [6.45, 7) is 3.56. The molecule has 0 aromatic carbocycles. The van der Waals surface area contributed by atoms with Gasteiger partial charge >= 0.3 is 19.8 Å². The normalized spacial score (nSPS) is 14.0. The third-order valence-corrected chi connectivity index (χ3v) is 13.5. The summed E-state index contributed by atoms with van der Waals surface area (Å²) in [4.78, 5) is 35.2. The topological polar surface area (TPSA) is 134 Å². The maximum Gasteiger partial charge on any atom is 0.472 e. The molecule has 0 saturated carbocycles. The fraction of sp³-hybridized carbons (Fsp3) is 0.642. The number of ether oxygens (including phenoxy) is 2. The molecule has 0 spiro atoms. The molecule has 0 radical (unpaired) electrons. The van der Waals surface area contributed by atoms with E-state index in [9.17, 15) is 19.0 Å². The Morgan fingerprint density at radius 3 is 1.09 bits per heavy atom. The van der Waals surface area contributed by atoms with E-state index in [1.165, 1.54) is 116 Å². The first-order chi connectivity index (χ1) is 37.8. The molecule has 438 valence electrons. The van der Waals surface area contributed by atoms with Gasteiger partial charge in [-0.25, -0.2) is 4.57 Å². The fourth-order valence-electron chi connectivity index (χ4n) is 8.01. The molecule has 2 atom stereocenters. The number of phosphoric ester groups is 1. The molecule has 0 bridgehead atoms. The predicted octanol–water partition coefficient (Wildman–Crippen LogP) is 19.7. The van der Waals surface area contributed by atoms with Crippen molar-refractivity contribution in [1.29, 1.82) is 0 Å². The van der Waals surface area contributed by atoms with Crippen molar-refractivity contribution >= 4 is 19.8 Å². The van der Waals surface area contributed by atoms with Gasteiger partial charge in [-0.2, -0.15) is 0 Å². The molecule has 0 fully saturated rings. The van der Waals surface area contributed by atoms with Crippen LogP contribution < -0.4 is 5.73 Å². The Hall–Kier alpha value is -3.85. The van der Waals surface area contributed by atoms with Crippen molar-refractivity contribution in [3.05, 3.63) is 134 Å². The van der Waals surface area contributed by atoms with E-state index in [1.807, 2.05) is 0 Å². The maximum absolute atomic E-state index is 12.7. The van der Waals surface area contributed by atoms with E-state index >= 15 is 0 Å². The molecule has 2 unspecified atom stereocenters. The van der Waals surface area contributed by atoms with Crippen LogP contribution in [0.4, 0.5) is 0 Å². The van der Waals surface area contributed by atoms with Crippen LogP contribution in [0.1, 0.15) is 245 Å². The third-order valence-electron chi connectivity index (χ3n) is 12.5. The number of unbranched alkanes of at least 4 members (excludes halogenated alkanes) is 21. The van der Waals surface area contributed by atoms with Crippen molar-refractivity contribution in [1.82, 2.24) is 0 Å². The van der Waals surface area contributed by atoms with Crippen molar-refractivity contribution in [2.24, 2.45) is 5.73 Å².